The third-order valence-corrected chi connectivity index (χ3v) is 7.53. The first-order valence-corrected chi connectivity index (χ1v) is 11.7. The van der Waals surface area contributed by atoms with Gasteiger partial charge in [-0.1, -0.05) is 19.1 Å². The summed E-state index contributed by atoms with van der Waals surface area (Å²) in [4.78, 5) is 2.74. The Labute approximate surface area is 175 Å². The van der Waals surface area contributed by atoms with E-state index in [0.29, 0.717) is 27.7 Å². The summed E-state index contributed by atoms with van der Waals surface area (Å²) >= 11 is 0. The molecule has 1 aliphatic rings. The number of ether oxygens (including phenoxy) is 1. The molecule has 1 heterocycles. The van der Waals surface area contributed by atoms with Crippen molar-refractivity contribution < 1.29 is 13.2 Å². The third-order valence-electron chi connectivity index (χ3n) is 5.69. The summed E-state index contributed by atoms with van der Waals surface area (Å²) < 4.78 is 34.2. The number of rotatable bonds is 6. The quantitative estimate of drug-likeness (QED) is 0.748. The highest BCUT2D eigenvalue weighted by atomic mass is 32.2. The van der Waals surface area contributed by atoms with Gasteiger partial charge in [0.25, 0.3) is 0 Å². The van der Waals surface area contributed by atoms with E-state index in [2.05, 4.69) is 28.7 Å². The van der Waals surface area contributed by atoms with Crippen LogP contribution in [-0.4, -0.2) is 28.6 Å². The zero-order valence-corrected chi connectivity index (χ0v) is 18.8. The SMILES string of the molecule is COc1cc(C)c(S(=O)(=O)N[C@@H](C)c2ccc(N3CCC[C@@H](C)C3)cc2)c(C)c1. The zero-order valence-electron chi connectivity index (χ0n) is 18.0. The summed E-state index contributed by atoms with van der Waals surface area (Å²) in [6, 6.07) is 11.4. The van der Waals surface area contributed by atoms with Crippen LogP contribution in [0.2, 0.25) is 0 Å². The van der Waals surface area contributed by atoms with Gasteiger partial charge in [-0.05, 0) is 80.5 Å². The maximum Gasteiger partial charge on any atom is 0.241 e. The summed E-state index contributed by atoms with van der Waals surface area (Å²) in [6.07, 6.45) is 2.51. The van der Waals surface area contributed by atoms with Crippen molar-refractivity contribution in [3.8, 4) is 5.75 Å². The summed E-state index contributed by atoms with van der Waals surface area (Å²) in [5.74, 6) is 1.37. The number of hydrogen-bond acceptors (Lipinski definition) is 4. The van der Waals surface area contributed by atoms with Gasteiger partial charge in [0.2, 0.25) is 10.0 Å². The molecule has 6 heteroatoms. The molecule has 0 amide bonds. The number of nitrogens with zero attached hydrogens (tertiary/aromatic N) is 1. The maximum absolute atomic E-state index is 13.0. The van der Waals surface area contributed by atoms with Crippen molar-refractivity contribution in [1.29, 1.82) is 0 Å². The van der Waals surface area contributed by atoms with Gasteiger partial charge in [-0.15, -0.1) is 0 Å². The lowest BCUT2D eigenvalue weighted by Gasteiger charge is -2.33. The average Bonchev–Trinajstić information content (AvgIpc) is 2.66. The lowest BCUT2D eigenvalue weighted by atomic mass is 9.99. The van der Waals surface area contributed by atoms with E-state index in [0.717, 1.165) is 18.7 Å². The maximum atomic E-state index is 13.0. The minimum atomic E-state index is -3.65. The molecule has 0 bridgehead atoms. The Morgan fingerprint density at radius 1 is 1.14 bits per heavy atom. The smallest absolute Gasteiger partial charge is 0.241 e. The fraction of sp³-hybridized carbons (Fsp3) is 0.478. The van der Waals surface area contributed by atoms with Gasteiger partial charge >= 0.3 is 0 Å². The van der Waals surface area contributed by atoms with E-state index in [1.807, 2.05) is 19.1 Å². The molecule has 1 fully saturated rings. The van der Waals surface area contributed by atoms with Crippen LogP contribution >= 0.6 is 0 Å². The first-order valence-electron chi connectivity index (χ1n) is 10.2. The molecule has 0 aromatic heterocycles. The monoisotopic (exact) mass is 416 g/mol. The highest BCUT2D eigenvalue weighted by Crippen LogP contribution is 2.28. The van der Waals surface area contributed by atoms with Gasteiger partial charge < -0.3 is 9.64 Å². The van der Waals surface area contributed by atoms with Gasteiger partial charge in [-0.25, -0.2) is 13.1 Å². The number of hydrogen-bond donors (Lipinski definition) is 1. The van der Waals surface area contributed by atoms with E-state index < -0.39 is 10.0 Å². The van der Waals surface area contributed by atoms with Crippen molar-refractivity contribution in [3.05, 3.63) is 53.1 Å². The molecule has 0 radical (unpaired) electrons. The summed E-state index contributed by atoms with van der Waals surface area (Å²) in [7, 11) is -2.07. The number of anilines is 1. The summed E-state index contributed by atoms with van der Waals surface area (Å²) in [6.45, 7) is 9.93. The molecular weight excluding hydrogens is 384 g/mol. The van der Waals surface area contributed by atoms with E-state index in [4.69, 9.17) is 4.74 Å². The van der Waals surface area contributed by atoms with Crippen molar-refractivity contribution in [2.24, 2.45) is 5.92 Å². The van der Waals surface area contributed by atoms with Gasteiger partial charge in [-0.3, -0.25) is 0 Å². The Morgan fingerprint density at radius 2 is 1.76 bits per heavy atom. The highest BCUT2D eigenvalue weighted by Gasteiger charge is 2.23. The van der Waals surface area contributed by atoms with Gasteiger partial charge in [0.15, 0.2) is 0 Å². The van der Waals surface area contributed by atoms with E-state index in [1.165, 1.54) is 18.5 Å². The van der Waals surface area contributed by atoms with Gasteiger partial charge in [-0.2, -0.15) is 0 Å². The molecule has 1 aliphatic heterocycles. The van der Waals surface area contributed by atoms with Crippen LogP contribution in [0, 0.1) is 19.8 Å². The Hall–Kier alpha value is -2.05. The Balaban J connectivity index is 1.76. The molecule has 0 unspecified atom stereocenters. The molecule has 3 rings (SSSR count). The molecule has 0 spiro atoms. The summed E-state index contributed by atoms with van der Waals surface area (Å²) in [5.41, 5.74) is 3.51. The largest absolute Gasteiger partial charge is 0.497 e. The van der Waals surface area contributed by atoms with Gasteiger partial charge in [0, 0.05) is 24.8 Å². The van der Waals surface area contributed by atoms with Gasteiger partial charge in [0.05, 0.1) is 12.0 Å². The second-order valence-electron chi connectivity index (χ2n) is 8.22. The van der Waals surface area contributed by atoms with Crippen LogP contribution in [0.4, 0.5) is 5.69 Å². The lowest BCUT2D eigenvalue weighted by Crippen LogP contribution is -2.34. The first kappa shape index (κ1) is 21.7. The van der Waals surface area contributed by atoms with Gasteiger partial charge in [0.1, 0.15) is 5.75 Å². The van der Waals surface area contributed by atoms with E-state index >= 15 is 0 Å². The first-order chi connectivity index (χ1) is 13.7. The molecular formula is C23H32N2O3S. The third kappa shape index (κ3) is 4.93. The van der Waals surface area contributed by atoms with Crippen LogP contribution in [0.15, 0.2) is 41.3 Å². The average molecular weight is 417 g/mol. The minimum absolute atomic E-state index is 0.323. The molecule has 2 aromatic rings. The fourth-order valence-electron chi connectivity index (χ4n) is 4.21. The molecule has 0 aliphatic carbocycles. The predicted molar refractivity (Wildman–Crippen MR) is 118 cm³/mol. The number of sulfonamides is 1. The Morgan fingerprint density at radius 3 is 2.31 bits per heavy atom. The molecule has 1 saturated heterocycles. The molecule has 1 N–H and O–H groups in total. The Bertz CT molecular complexity index is 932. The van der Waals surface area contributed by atoms with Crippen LogP contribution in [-0.2, 0) is 10.0 Å². The lowest BCUT2D eigenvalue weighted by molar-refractivity contribution is 0.413. The molecule has 2 aromatic carbocycles. The standard InChI is InChI=1S/C23H32N2O3S/c1-16-7-6-12-25(15-16)21-10-8-20(9-11-21)19(4)24-29(26,27)23-17(2)13-22(28-5)14-18(23)3/h8-11,13-14,16,19,24H,6-7,12,15H2,1-5H3/t16-,19+/m1/s1. The molecule has 2 atom stereocenters. The van der Waals surface area contributed by atoms with Crippen molar-refractivity contribution in [3.63, 3.8) is 0 Å². The number of methoxy groups -OCH3 is 1. The van der Waals surface area contributed by atoms with Crippen LogP contribution < -0.4 is 14.4 Å². The van der Waals surface area contributed by atoms with Crippen LogP contribution in [0.1, 0.15) is 49.4 Å². The number of nitrogens with one attached hydrogen (secondary N) is 1. The van der Waals surface area contributed by atoms with Crippen LogP contribution in [0.3, 0.4) is 0 Å². The fourth-order valence-corrected chi connectivity index (χ4v) is 5.89. The van der Waals surface area contributed by atoms with E-state index in [1.54, 1.807) is 33.1 Å². The topological polar surface area (TPSA) is 58.6 Å². The number of piperidine rings is 1. The van der Waals surface area contributed by atoms with Crippen molar-refractivity contribution in [2.75, 3.05) is 25.1 Å². The number of benzene rings is 2. The normalized spacial score (nSPS) is 18.5. The second-order valence-corrected chi connectivity index (χ2v) is 9.87. The molecule has 0 saturated carbocycles. The predicted octanol–water partition coefficient (Wildman–Crippen LogP) is 4.59. The molecule has 29 heavy (non-hydrogen) atoms. The molecule has 158 valence electrons. The minimum Gasteiger partial charge on any atom is -0.497 e. The van der Waals surface area contributed by atoms with Crippen LogP contribution in [0.5, 0.6) is 5.75 Å². The second kappa shape index (κ2) is 8.76. The Kier molecular flexibility index (Phi) is 6.54. The van der Waals surface area contributed by atoms with E-state index in [9.17, 15) is 8.42 Å². The van der Waals surface area contributed by atoms with Crippen LogP contribution in [0.25, 0.3) is 0 Å². The highest BCUT2D eigenvalue weighted by molar-refractivity contribution is 7.89. The summed E-state index contributed by atoms with van der Waals surface area (Å²) in [5, 5.41) is 0. The zero-order chi connectivity index (χ0) is 21.2. The molecule has 5 nitrogen and oxygen atoms in total. The van der Waals surface area contributed by atoms with Crippen molar-refractivity contribution >= 4 is 15.7 Å². The number of aryl methyl sites for hydroxylation is 2. The van der Waals surface area contributed by atoms with E-state index in [-0.39, 0.29) is 6.04 Å². The van der Waals surface area contributed by atoms with Crippen molar-refractivity contribution in [1.82, 2.24) is 4.72 Å². The van der Waals surface area contributed by atoms with Crippen molar-refractivity contribution in [2.45, 2.75) is 51.5 Å².